The predicted octanol–water partition coefficient (Wildman–Crippen LogP) is 5.49. The van der Waals surface area contributed by atoms with Crippen LogP contribution in [0.5, 0.6) is 0 Å². The van der Waals surface area contributed by atoms with Crippen molar-refractivity contribution in [2.45, 2.75) is 13.1 Å². The van der Waals surface area contributed by atoms with E-state index in [1.54, 1.807) is 24.5 Å². The first-order valence-corrected chi connectivity index (χ1v) is 9.19. The van der Waals surface area contributed by atoms with Crippen molar-refractivity contribution in [3.63, 3.8) is 0 Å². The van der Waals surface area contributed by atoms with Crippen LogP contribution in [0.1, 0.15) is 11.1 Å². The minimum Gasteiger partial charge on any atom is -0.332 e. The molecule has 3 nitrogen and oxygen atoms in total. The highest BCUT2D eigenvalue weighted by Crippen LogP contribution is 2.21. The molecular weight excluding hydrogens is 349 g/mol. The Morgan fingerprint density at radius 3 is 1.61 bits per heavy atom. The summed E-state index contributed by atoms with van der Waals surface area (Å²) in [5.74, 6) is 0.414. The Morgan fingerprint density at radius 1 is 0.607 bits per heavy atom. The first-order chi connectivity index (χ1) is 13.8. The maximum absolute atomic E-state index is 13.1. The molecule has 0 radical (unpaired) electrons. The summed E-state index contributed by atoms with van der Waals surface area (Å²) in [6.45, 7) is 1.43. The van der Waals surface area contributed by atoms with Crippen LogP contribution in [0.15, 0.2) is 97.3 Å². The quantitative estimate of drug-likeness (QED) is 0.450. The zero-order valence-electron chi connectivity index (χ0n) is 15.4. The lowest BCUT2D eigenvalue weighted by Crippen LogP contribution is -2.24. The molecule has 0 fully saturated rings. The van der Waals surface area contributed by atoms with E-state index in [1.807, 2.05) is 36.4 Å². The molecule has 0 aliphatic heterocycles. The molecule has 0 N–H and O–H groups in total. The van der Waals surface area contributed by atoms with E-state index in [4.69, 9.17) is 0 Å². The molecule has 1 heterocycles. The summed E-state index contributed by atoms with van der Waals surface area (Å²) >= 11 is 0. The number of nitrogens with zero attached hydrogens (tertiary/aromatic N) is 3. The number of benzene rings is 3. The lowest BCUT2D eigenvalue weighted by molar-refractivity contribution is 0.628. The van der Waals surface area contributed by atoms with E-state index in [-0.39, 0.29) is 5.82 Å². The van der Waals surface area contributed by atoms with E-state index in [2.05, 4.69) is 39.1 Å². The van der Waals surface area contributed by atoms with Gasteiger partial charge in [0, 0.05) is 31.0 Å². The van der Waals surface area contributed by atoms with Crippen molar-refractivity contribution in [1.82, 2.24) is 9.97 Å². The molecular formula is C24H20FN3. The second kappa shape index (κ2) is 8.44. The molecule has 0 amide bonds. The van der Waals surface area contributed by atoms with Crippen LogP contribution in [0, 0.1) is 5.82 Å². The van der Waals surface area contributed by atoms with E-state index in [0.717, 1.165) is 11.1 Å². The van der Waals surface area contributed by atoms with Crippen LogP contribution in [0.4, 0.5) is 10.3 Å². The van der Waals surface area contributed by atoms with E-state index in [0.29, 0.717) is 19.0 Å². The van der Waals surface area contributed by atoms with Crippen molar-refractivity contribution in [1.29, 1.82) is 0 Å². The van der Waals surface area contributed by atoms with Gasteiger partial charge in [0.05, 0.1) is 0 Å². The van der Waals surface area contributed by atoms with Gasteiger partial charge in [-0.05, 0) is 28.8 Å². The molecule has 1 aromatic heterocycles. The molecule has 0 saturated heterocycles. The standard InChI is InChI=1S/C24H20FN3/c25-23-13-11-21(12-14-23)22-15-26-24(27-16-22)28(17-19-7-3-1-4-8-19)18-20-9-5-2-6-10-20/h1-16H,17-18H2. The molecule has 0 saturated carbocycles. The zero-order chi connectivity index (χ0) is 19.2. The molecule has 0 unspecified atom stereocenters. The highest BCUT2D eigenvalue weighted by Gasteiger charge is 2.12. The second-order valence-electron chi connectivity index (χ2n) is 6.61. The Morgan fingerprint density at radius 2 is 1.11 bits per heavy atom. The van der Waals surface area contributed by atoms with Crippen LogP contribution in [-0.4, -0.2) is 9.97 Å². The van der Waals surface area contributed by atoms with Crippen LogP contribution in [0.25, 0.3) is 11.1 Å². The first kappa shape index (κ1) is 17.9. The van der Waals surface area contributed by atoms with Crippen molar-refractivity contribution in [2.75, 3.05) is 4.90 Å². The van der Waals surface area contributed by atoms with E-state index < -0.39 is 0 Å². The predicted molar refractivity (Wildman–Crippen MR) is 110 cm³/mol. The van der Waals surface area contributed by atoms with Gasteiger partial charge in [0.25, 0.3) is 0 Å². The fraction of sp³-hybridized carbons (Fsp3) is 0.0833. The summed E-state index contributed by atoms with van der Waals surface area (Å²) in [7, 11) is 0. The van der Waals surface area contributed by atoms with Crippen molar-refractivity contribution in [2.24, 2.45) is 0 Å². The number of aromatic nitrogens is 2. The number of hydrogen-bond acceptors (Lipinski definition) is 3. The van der Waals surface area contributed by atoms with Gasteiger partial charge in [0.15, 0.2) is 0 Å². The van der Waals surface area contributed by atoms with Crippen LogP contribution in [-0.2, 0) is 13.1 Å². The molecule has 4 rings (SSSR count). The topological polar surface area (TPSA) is 29.0 Å². The van der Waals surface area contributed by atoms with Gasteiger partial charge < -0.3 is 4.90 Å². The summed E-state index contributed by atoms with van der Waals surface area (Å²) in [6.07, 6.45) is 3.58. The molecule has 0 aliphatic carbocycles. The van der Waals surface area contributed by atoms with E-state index in [1.165, 1.54) is 23.3 Å². The molecule has 3 aromatic carbocycles. The van der Waals surface area contributed by atoms with E-state index >= 15 is 0 Å². The van der Waals surface area contributed by atoms with E-state index in [9.17, 15) is 4.39 Å². The van der Waals surface area contributed by atoms with Crippen molar-refractivity contribution in [3.8, 4) is 11.1 Å². The van der Waals surface area contributed by atoms with Crippen LogP contribution in [0.2, 0.25) is 0 Å². The SMILES string of the molecule is Fc1ccc(-c2cnc(N(Cc3ccccc3)Cc3ccccc3)nc2)cc1. The monoisotopic (exact) mass is 369 g/mol. The first-order valence-electron chi connectivity index (χ1n) is 9.19. The smallest absolute Gasteiger partial charge is 0.225 e. The summed E-state index contributed by atoms with van der Waals surface area (Å²) < 4.78 is 13.1. The van der Waals surface area contributed by atoms with Crippen molar-refractivity contribution in [3.05, 3.63) is 114 Å². The lowest BCUT2D eigenvalue weighted by atomic mass is 10.1. The normalized spacial score (nSPS) is 10.6. The molecule has 0 bridgehead atoms. The summed E-state index contributed by atoms with van der Waals surface area (Å²) in [6, 6.07) is 26.9. The third kappa shape index (κ3) is 4.41. The molecule has 28 heavy (non-hydrogen) atoms. The van der Waals surface area contributed by atoms with Gasteiger partial charge in [-0.1, -0.05) is 72.8 Å². The maximum atomic E-state index is 13.1. The zero-order valence-corrected chi connectivity index (χ0v) is 15.4. The average molecular weight is 369 g/mol. The van der Waals surface area contributed by atoms with Crippen molar-refractivity contribution >= 4 is 5.95 Å². The number of hydrogen-bond donors (Lipinski definition) is 0. The van der Waals surface area contributed by atoms with Gasteiger partial charge >= 0.3 is 0 Å². The fourth-order valence-corrected chi connectivity index (χ4v) is 3.08. The Labute approximate surface area is 164 Å². The van der Waals surface area contributed by atoms with Crippen LogP contribution >= 0.6 is 0 Å². The van der Waals surface area contributed by atoms with Crippen molar-refractivity contribution < 1.29 is 4.39 Å². The largest absolute Gasteiger partial charge is 0.332 e. The van der Waals surface area contributed by atoms with Gasteiger partial charge in [-0.2, -0.15) is 0 Å². The molecule has 4 aromatic rings. The van der Waals surface area contributed by atoms with Gasteiger partial charge in [-0.3, -0.25) is 0 Å². The number of halogens is 1. The molecule has 4 heteroatoms. The summed E-state index contributed by atoms with van der Waals surface area (Å²) in [5, 5.41) is 0. The Hall–Kier alpha value is -3.53. The van der Waals surface area contributed by atoms with Gasteiger partial charge in [0.1, 0.15) is 5.82 Å². The number of rotatable bonds is 6. The van der Waals surface area contributed by atoms with Gasteiger partial charge in [0.2, 0.25) is 5.95 Å². The Bertz CT molecular complexity index is 960. The fourth-order valence-electron chi connectivity index (χ4n) is 3.08. The third-order valence-electron chi connectivity index (χ3n) is 4.53. The highest BCUT2D eigenvalue weighted by molar-refractivity contribution is 5.61. The molecule has 0 spiro atoms. The van der Waals surface area contributed by atoms with Crippen LogP contribution < -0.4 is 4.90 Å². The third-order valence-corrected chi connectivity index (χ3v) is 4.53. The minimum absolute atomic E-state index is 0.252. The number of anilines is 1. The summed E-state index contributed by atoms with van der Waals surface area (Å²) in [4.78, 5) is 11.3. The second-order valence-corrected chi connectivity index (χ2v) is 6.61. The average Bonchev–Trinajstić information content (AvgIpc) is 2.75. The van der Waals surface area contributed by atoms with Gasteiger partial charge in [-0.25, -0.2) is 14.4 Å². The van der Waals surface area contributed by atoms with Crippen LogP contribution in [0.3, 0.4) is 0 Å². The molecule has 138 valence electrons. The highest BCUT2D eigenvalue weighted by atomic mass is 19.1. The minimum atomic E-state index is -0.252. The van der Waals surface area contributed by atoms with Gasteiger partial charge in [-0.15, -0.1) is 0 Å². The summed E-state index contributed by atoms with van der Waals surface area (Å²) in [5.41, 5.74) is 4.16. The Balaban J connectivity index is 1.60. The molecule has 0 atom stereocenters. The Kier molecular flexibility index (Phi) is 5.38. The lowest BCUT2D eigenvalue weighted by Gasteiger charge is -2.23. The maximum Gasteiger partial charge on any atom is 0.225 e. The molecule has 0 aliphatic rings.